The van der Waals surface area contributed by atoms with Gasteiger partial charge in [-0.25, -0.2) is 8.42 Å². The van der Waals surface area contributed by atoms with E-state index >= 15 is 0 Å². The highest BCUT2D eigenvalue weighted by atomic mass is 32.2. The quantitative estimate of drug-likeness (QED) is 0.661. The molecule has 0 saturated heterocycles. The van der Waals surface area contributed by atoms with Crippen LogP contribution in [0.15, 0.2) is 0 Å². The van der Waals surface area contributed by atoms with Crippen molar-refractivity contribution >= 4 is 15.7 Å². The average molecular weight is 250 g/mol. The summed E-state index contributed by atoms with van der Waals surface area (Å²) in [6.07, 6.45) is 0.843. The van der Waals surface area contributed by atoms with Gasteiger partial charge >= 0.3 is 0 Å². The Kier molecular flexibility index (Phi) is 6.59. The van der Waals surface area contributed by atoms with Gasteiger partial charge in [0.05, 0.1) is 5.75 Å². The van der Waals surface area contributed by atoms with E-state index in [1.165, 1.54) is 6.92 Å². The van der Waals surface area contributed by atoms with E-state index in [-0.39, 0.29) is 12.3 Å². The van der Waals surface area contributed by atoms with E-state index in [0.717, 1.165) is 6.42 Å². The first-order chi connectivity index (χ1) is 7.31. The highest BCUT2D eigenvalue weighted by Gasteiger charge is 2.26. The highest BCUT2D eigenvalue weighted by molar-refractivity contribution is 7.92. The molecule has 0 aliphatic carbocycles. The van der Waals surface area contributed by atoms with Crippen molar-refractivity contribution in [3.63, 3.8) is 0 Å². The van der Waals surface area contributed by atoms with Crippen molar-refractivity contribution in [3.8, 4) is 0 Å². The van der Waals surface area contributed by atoms with Crippen LogP contribution in [-0.4, -0.2) is 38.4 Å². The van der Waals surface area contributed by atoms with Crippen molar-refractivity contribution in [2.75, 3.05) is 18.8 Å². The van der Waals surface area contributed by atoms with Crippen molar-refractivity contribution in [3.05, 3.63) is 0 Å². The summed E-state index contributed by atoms with van der Waals surface area (Å²) in [6.45, 7) is 6.04. The minimum absolute atomic E-state index is 0.0476. The third kappa shape index (κ3) is 5.46. The first-order valence-electron chi connectivity index (χ1n) is 5.50. The van der Waals surface area contributed by atoms with Crippen LogP contribution in [0.1, 0.15) is 27.2 Å². The molecule has 6 heteroatoms. The van der Waals surface area contributed by atoms with Crippen LogP contribution < -0.4 is 11.1 Å². The Hall–Kier alpha value is -0.620. The van der Waals surface area contributed by atoms with Gasteiger partial charge in [0.15, 0.2) is 9.84 Å². The van der Waals surface area contributed by atoms with E-state index in [2.05, 4.69) is 5.32 Å². The van der Waals surface area contributed by atoms with Crippen molar-refractivity contribution in [2.24, 2.45) is 11.7 Å². The number of sulfone groups is 1. The highest BCUT2D eigenvalue weighted by Crippen LogP contribution is 2.02. The van der Waals surface area contributed by atoms with Crippen LogP contribution >= 0.6 is 0 Å². The first-order valence-corrected chi connectivity index (χ1v) is 7.22. The summed E-state index contributed by atoms with van der Waals surface area (Å²) in [6, 6.07) is 0. The van der Waals surface area contributed by atoms with Crippen LogP contribution in [0, 0.1) is 5.92 Å². The molecule has 0 aromatic heterocycles. The molecular weight excluding hydrogens is 228 g/mol. The Morgan fingerprint density at radius 2 is 1.88 bits per heavy atom. The SMILES string of the molecule is CC(C)CCNC(=O)C(C)S(=O)(=O)CCN. The summed E-state index contributed by atoms with van der Waals surface area (Å²) in [5, 5.41) is 1.61. The van der Waals surface area contributed by atoms with Crippen molar-refractivity contribution < 1.29 is 13.2 Å². The van der Waals surface area contributed by atoms with E-state index in [0.29, 0.717) is 12.5 Å². The zero-order valence-corrected chi connectivity index (χ0v) is 11.0. The van der Waals surface area contributed by atoms with Crippen LogP contribution in [0.3, 0.4) is 0 Å². The van der Waals surface area contributed by atoms with Crippen LogP contribution in [0.5, 0.6) is 0 Å². The molecule has 0 spiro atoms. The maximum atomic E-state index is 11.5. The Balaban J connectivity index is 4.18. The van der Waals surface area contributed by atoms with Gasteiger partial charge in [-0.1, -0.05) is 13.8 Å². The fraction of sp³-hybridized carbons (Fsp3) is 0.900. The number of carbonyl (C=O) groups is 1. The molecule has 0 aliphatic heterocycles. The predicted octanol–water partition coefficient (Wildman–Crippen LogP) is -0.0893. The van der Waals surface area contributed by atoms with Gasteiger partial charge in [-0.05, 0) is 19.3 Å². The molecule has 16 heavy (non-hydrogen) atoms. The molecule has 0 saturated carbocycles. The minimum atomic E-state index is -3.40. The largest absolute Gasteiger partial charge is 0.355 e. The molecule has 0 fully saturated rings. The normalized spacial score (nSPS) is 13.8. The number of hydrogen-bond acceptors (Lipinski definition) is 4. The summed E-state index contributed by atoms with van der Waals surface area (Å²) in [4.78, 5) is 11.5. The minimum Gasteiger partial charge on any atom is -0.355 e. The van der Waals surface area contributed by atoms with Crippen molar-refractivity contribution in [2.45, 2.75) is 32.4 Å². The van der Waals surface area contributed by atoms with E-state index in [9.17, 15) is 13.2 Å². The van der Waals surface area contributed by atoms with Gasteiger partial charge in [0.1, 0.15) is 5.25 Å². The summed E-state index contributed by atoms with van der Waals surface area (Å²) < 4.78 is 23.1. The van der Waals surface area contributed by atoms with E-state index in [4.69, 9.17) is 5.73 Å². The summed E-state index contributed by atoms with van der Waals surface area (Å²) >= 11 is 0. The Morgan fingerprint density at radius 3 is 2.31 bits per heavy atom. The maximum absolute atomic E-state index is 11.5. The second-order valence-electron chi connectivity index (χ2n) is 4.27. The second-order valence-corrected chi connectivity index (χ2v) is 6.71. The summed E-state index contributed by atoms with van der Waals surface area (Å²) in [5.74, 6) is -0.100. The number of nitrogens with two attached hydrogens (primary N) is 1. The van der Waals surface area contributed by atoms with E-state index in [1.54, 1.807) is 0 Å². The van der Waals surface area contributed by atoms with Gasteiger partial charge in [-0.2, -0.15) is 0 Å². The zero-order valence-electron chi connectivity index (χ0n) is 10.2. The smallest absolute Gasteiger partial charge is 0.238 e. The standard InChI is InChI=1S/C10H22N2O3S/c1-8(2)4-6-12-10(13)9(3)16(14,15)7-5-11/h8-9H,4-7,11H2,1-3H3,(H,12,13). The average Bonchev–Trinajstić information content (AvgIpc) is 2.15. The monoisotopic (exact) mass is 250 g/mol. The van der Waals surface area contributed by atoms with Gasteiger partial charge in [0.25, 0.3) is 0 Å². The second kappa shape index (κ2) is 6.85. The molecule has 1 unspecified atom stereocenters. The van der Waals surface area contributed by atoms with E-state index < -0.39 is 21.0 Å². The molecule has 0 aliphatic rings. The Morgan fingerprint density at radius 1 is 1.31 bits per heavy atom. The molecule has 0 bridgehead atoms. The van der Waals surface area contributed by atoms with Crippen LogP contribution in [0.4, 0.5) is 0 Å². The number of rotatable bonds is 7. The van der Waals surface area contributed by atoms with Gasteiger partial charge in [0, 0.05) is 13.1 Å². The fourth-order valence-electron chi connectivity index (χ4n) is 1.13. The van der Waals surface area contributed by atoms with Gasteiger partial charge < -0.3 is 11.1 Å². The molecule has 5 nitrogen and oxygen atoms in total. The lowest BCUT2D eigenvalue weighted by molar-refractivity contribution is -0.120. The van der Waals surface area contributed by atoms with E-state index in [1.807, 2.05) is 13.8 Å². The number of hydrogen-bond donors (Lipinski definition) is 2. The molecule has 0 rings (SSSR count). The lowest BCUT2D eigenvalue weighted by atomic mass is 10.1. The Bertz CT molecular complexity index is 312. The van der Waals surface area contributed by atoms with Crippen LogP contribution in [0.25, 0.3) is 0 Å². The molecule has 0 aromatic rings. The lowest BCUT2D eigenvalue weighted by Crippen LogP contribution is -2.40. The molecule has 1 atom stereocenters. The Labute approximate surface area is 97.7 Å². The lowest BCUT2D eigenvalue weighted by Gasteiger charge is -2.13. The molecule has 1 amide bonds. The number of amides is 1. The zero-order chi connectivity index (χ0) is 12.8. The molecular formula is C10H22N2O3S. The third-order valence-electron chi connectivity index (χ3n) is 2.33. The first kappa shape index (κ1) is 15.4. The van der Waals surface area contributed by atoms with Crippen LogP contribution in [0.2, 0.25) is 0 Å². The van der Waals surface area contributed by atoms with Gasteiger partial charge in [-0.15, -0.1) is 0 Å². The van der Waals surface area contributed by atoms with Gasteiger partial charge in [-0.3, -0.25) is 4.79 Å². The van der Waals surface area contributed by atoms with Crippen LogP contribution in [-0.2, 0) is 14.6 Å². The molecule has 0 heterocycles. The number of nitrogens with one attached hydrogen (secondary N) is 1. The summed E-state index contributed by atoms with van der Waals surface area (Å²) in [7, 11) is -3.40. The topological polar surface area (TPSA) is 89.3 Å². The molecule has 3 N–H and O–H groups in total. The predicted molar refractivity (Wildman–Crippen MR) is 64.8 cm³/mol. The molecule has 96 valence electrons. The number of carbonyl (C=O) groups excluding carboxylic acids is 1. The third-order valence-corrected chi connectivity index (χ3v) is 4.43. The van der Waals surface area contributed by atoms with Gasteiger partial charge in [0.2, 0.25) is 5.91 Å². The summed E-state index contributed by atoms with van der Waals surface area (Å²) in [5.41, 5.74) is 5.18. The van der Waals surface area contributed by atoms with Crippen molar-refractivity contribution in [1.82, 2.24) is 5.32 Å². The van der Waals surface area contributed by atoms with Crippen molar-refractivity contribution in [1.29, 1.82) is 0 Å². The fourth-order valence-corrected chi connectivity index (χ4v) is 2.22. The maximum Gasteiger partial charge on any atom is 0.238 e. The molecule has 0 aromatic carbocycles. The molecule has 0 radical (unpaired) electrons.